The number of thiocarbonyl (C=S) groups is 1. The standard InChI is InChI=1S/C10H14N2S2/c1-11-12-10(13)14-8-7-9-5-3-2-4-6-9/h2-6,11H,7-8H2,1H3,(H,12,13). The highest BCUT2D eigenvalue weighted by atomic mass is 32.2. The highest BCUT2D eigenvalue weighted by Crippen LogP contribution is 2.07. The highest BCUT2D eigenvalue weighted by Gasteiger charge is 1.96. The van der Waals surface area contributed by atoms with Gasteiger partial charge in [0.15, 0.2) is 0 Å². The maximum absolute atomic E-state index is 5.06. The predicted octanol–water partition coefficient (Wildman–Crippen LogP) is 1.97. The summed E-state index contributed by atoms with van der Waals surface area (Å²) in [6.45, 7) is 0. The van der Waals surface area contributed by atoms with E-state index >= 15 is 0 Å². The molecule has 0 aliphatic carbocycles. The zero-order valence-corrected chi connectivity index (χ0v) is 9.75. The van der Waals surface area contributed by atoms with Gasteiger partial charge in [-0.1, -0.05) is 54.3 Å². The molecule has 0 aliphatic heterocycles. The molecule has 0 fully saturated rings. The van der Waals surface area contributed by atoms with Gasteiger partial charge in [-0.15, -0.1) is 0 Å². The van der Waals surface area contributed by atoms with E-state index in [0.717, 1.165) is 16.5 Å². The molecule has 0 spiro atoms. The summed E-state index contributed by atoms with van der Waals surface area (Å²) in [4.78, 5) is 0. The van der Waals surface area contributed by atoms with E-state index in [1.165, 1.54) is 5.56 Å². The van der Waals surface area contributed by atoms with Crippen LogP contribution in [0.25, 0.3) is 0 Å². The molecule has 4 heteroatoms. The monoisotopic (exact) mass is 226 g/mol. The summed E-state index contributed by atoms with van der Waals surface area (Å²) in [7, 11) is 1.81. The first-order valence-corrected chi connectivity index (χ1v) is 5.86. The molecule has 1 aromatic rings. The molecule has 2 nitrogen and oxygen atoms in total. The van der Waals surface area contributed by atoms with Crippen LogP contribution in [0.15, 0.2) is 30.3 Å². The molecule has 2 N–H and O–H groups in total. The second kappa shape index (κ2) is 6.81. The molecule has 0 saturated heterocycles. The van der Waals surface area contributed by atoms with Crippen molar-refractivity contribution in [3.8, 4) is 0 Å². The Balaban J connectivity index is 2.19. The molecular formula is C10H14N2S2. The lowest BCUT2D eigenvalue weighted by molar-refractivity contribution is 0.786. The number of rotatable bonds is 4. The highest BCUT2D eigenvalue weighted by molar-refractivity contribution is 8.22. The zero-order chi connectivity index (χ0) is 10.2. The van der Waals surface area contributed by atoms with E-state index < -0.39 is 0 Å². The predicted molar refractivity (Wildman–Crippen MR) is 67.4 cm³/mol. The van der Waals surface area contributed by atoms with Crippen LogP contribution in [0, 0.1) is 0 Å². The first-order valence-electron chi connectivity index (χ1n) is 4.46. The third-order valence-electron chi connectivity index (χ3n) is 1.69. The fraction of sp³-hybridized carbons (Fsp3) is 0.300. The van der Waals surface area contributed by atoms with Crippen LogP contribution >= 0.6 is 24.0 Å². The third kappa shape index (κ3) is 4.60. The minimum atomic E-state index is 0.795. The number of hydrogen-bond donors (Lipinski definition) is 2. The Kier molecular flexibility index (Phi) is 5.59. The Morgan fingerprint density at radius 1 is 1.36 bits per heavy atom. The van der Waals surface area contributed by atoms with E-state index in [4.69, 9.17) is 12.2 Å². The first-order chi connectivity index (χ1) is 6.83. The Morgan fingerprint density at radius 2 is 2.07 bits per heavy atom. The van der Waals surface area contributed by atoms with Crippen LogP contribution in [0.2, 0.25) is 0 Å². The van der Waals surface area contributed by atoms with E-state index in [2.05, 4.69) is 35.1 Å². The summed E-state index contributed by atoms with van der Waals surface area (Å²) in [5.74, 6) is 1.01. The lowest BCUT2D eigenvalue weighted by Crippen LogP contribution is -2.30. The maximum atomic E-state index is 5.06. The van der Waals surface area contributed by atoms with Gasteiger partial charge < -0.3 is 5.43 Å². The SMILES string of the molecule is CNNC(=S)SCCc1ccccc1. The summed E-state index contributed by atoms with van der Waals surface area (Å²) >= 11 is 6.71. The Hall–Kier alpha value is -0.580. The Morgan fingerprint density at radius 3 is 2.71 bits per heavy atom. The second-order valence-corrected chi connectivity index (χ2v) is 4.52. The van der Waals surface area contributed by atoms with Crippen LogP contribution in [-0.2, 0) is 6.42 Å². The number of hydrogen-bond acceptors (Lipinski definition) is 3. The summed E-state index contributed by atoms with van der Waals surface area (Å²) in [5.41, 5.74) is 7.03. The Bertz CT molecular complexity index is 275. The quantitative estimate of drug-likeness (QED) is 0.605. The molecule has 0 atom stereocenters. The van der Waals surface area contributed by atoms with Crippen LogP contribution in [0.1, 0.15) is 5.56 Å². The number of thioether (sulfide) groups is 1. The maximum Gasteiger partial charge on any atom is 0.148 e. The van der Waals surface area contributed by atoms with Crippen molar-refractivity contribution in [3.63, 3.8) is 0 Å². The van der Waals surface area contributed by atoms with Crippen molar-refractivity contribution in [1.29, 1.82) is 0 Å². The molecule has 14 heavy (non-hydrogen) atoms. The molecule has 0 bridgehead atoms. The van der Waals surface area contributed by atoms with Gasteiger partial charge in [0.05, 0.1) is 0 Å². The van der Waals surface area contributed by atoms with Crippen molar-refractivity contribution in [3.05, 3.63) is 35.9 Å². The van der Waals surface area contributed by atoms with Gasteiger partial charge in [0.1, 0.15) is 4.32 Å². The van der Waals surface area contributed by atoms with Gasteiger partial charge in [-0.25, -0.2) is 5.43 Å². The average molecular weight is 226 g/mol. The summed E-state index contributed by atoms with van der Waals surface area (Å²) < 4.78 is 0.795. The van der Waals surface area contributed by atoms with Gasteiger partial charge in [0.2, 0.25) is 0 Å². The molecule has 1 aromatic carbocycles. The number of aryl methyl sites for hydroxylation is 1. The van der Waals surface area contributed by atoms with E-state index in [1.807, 2.05) is 13.1 Å². The topological polar surface area (TPSA) is 24.1 Å². The van der Waals surface area contributed by atoms with Gasteiger partial charge >= 0.3 is 0 Å². The van der Waals surface area contributed by atoms with E-state index in [9.17, 15) is 0 Å². The lowest BCUT2D eigenvalue weighted by atomic mass is 10.2. The van der Waals surface area contributed by atoms with Crippen LogP contribution < -0.4 is 10.9 Å². The third-order valence-corrected chi connectivity index (χ3v) is 2.92. The molecule has 0 radical (unpaired) electrons. The van der Waals surface area contributed by atoms with E-state index in [1.54, 1.807) is 11.8 Å². The minimum Gasteiger partial charge on any atom is -0.307 e. The van der Waals surface area contributed by atoms with Crippen molar-refractivity contribution >= 4 is 28.3 Å². The Labute approximate surface area is 94.4 Å². The molecule has 1 rings (SSSR count). The van der Waals surface area contributed by atoms with Crippen molar-refractivity contribution < 1.29 is 0 Å². The van der Waals surface area contributed by atoms with Gasteiger partial charge in [0.25, 0.3) is 0 Å². The second-order valence-electron chi connectivity index (χ2n) is 2.75. The fourth-order valence-electron chi connectivity index (χ4n) is 1.04. The molecular weight excluding hydrogens is 212 g/mol. The largest absolute Gasteiger partial charge is 0.307 e. The van der Waals surface area contributed by atoms with Gasteiger partial charge in [-0.05, 0) is 12.0 Å². The number of benzene rings is 1. The first kappa shape index (κ1) is 11.5. The van der Waals surface area contributed by atoms with E-state index in [0.29, 0.717) is 0 Å². The van der Waals surface area contributed by atoms with Gasteiger partial charge in [-0.3, -0.25) is 0 Å². The minimum absolute atomic E-state index is 0.795. The van der Waals surface area contributed by atoms with Crippen LogP contribution in [-0.4, -0.2) is 17.1 Å². The number of nitrogens with one attached hydrogen (secondary N) is 2. The molecule has 0 aliphatic rings. The van der Waals surface area contributed by atoms with Gasteiger partial charge in [-0.2, -0.15) is 0 Å². The van der Waals surface area contributed by atoms with Crippen molar-refractivity contribution in [1.82, 2.24) is 10.9 Å². The van der Waals surface area contributed by atoms with Crippen molar-refractivity contribution in [2.24, 2.45) is 0 Å². The number of hydrazine groups is 1. The smallest absolute Gasteiger partial charge is 0.148 e. The van der Waals surface area contributed by atoms with Crippen molar-refractivity contribution in [2.45, 2.75) is 6.42 Å². The van der Waals surface area contributed by atoms with E-state index in [-0.39, 0.29) is 0 Å². The van der Waals surface area contributed by atoms with Crippen LogP contribution in [0.5, 0.6) is 0 Å². The molecule has 0 amide bonds. The summed E-state index contributed by atoms with van der Waals surface area (Å²) in [6, 6.07) is 10.4. The van der Waals surface area contributed by atoms with Crippen LogP contribution in [0.3, 0.4) is 0 Å². The molecule has 0 saturated carbocycles. The summed E-state index contributed by atoms with van der Waals surface area (Å²) in [5, 5.41) is 0. The van der Waals surface area contributed by atoms with Gasteiger partial charge in [0, 0.05) is 12.8 Å². The fourth-order valence-corrected chi connectivity index (χ4v) is 2.09. The normalized spacial score (nSPS) is 9.79. The molecule has 0 aromatic heterocycles. The molecule has 0 heterocycles. The zero-order valence-electron chi connectivity index (χ0n) is 8.12. The lowest BCUT2D eigenvalue weighted by Gasteiger charge is -2.04. The van der Waals surface area contributed by atoms with Crippen molar-refractivity contribution in [2.75, 3.05) is 12.8 Å². The summed E-state index contributed by atoms with van der Waals surface area (Å²) in [6.07, 6.45) is 1.05. The average Bonchev–Trinajstić information content (AvgIpc) is 2.20. The molecule has 0 unspecified atom stereocenters. The molecule has 76 valence electrons. The van der Waals surface area contributed by atoms with Crippen LogP contribution in [0.4, 0.5) is 0 Å².